The summed E-state index contributed by atoms with van der Waals surface area (Å²) in [6.45, 7) is 10.4. The minimum atomic E-state index is -0.210. The van der Waals surface area contributed by atoms with Gasteiger partial charge in [0, 0.05) is 39.3 Å². The number of carbonyl (C=O) groups excluding carboxylic acids is 1. The number of piperazine rings is 1. The van der Waals surface area contributed by atoms with Gasteiger partial charge in [-0.15, -0.1) is 0 Å². The van der Waals surface area contributed by atoms with E-state index in [1.165, 1.54) is 22.1 Å². The molecule has 0 unspecified atom stereocenters. The molecule has 0 aliphatic carbocycles. The van der Waals surface area contributed by atoms with Gasteiger partial charge in [-0.2, -0.15) is 0 Å². The summed E-state index contributed by atoms with van der Waals surface area (Å²) in [5, 5.41) is 4.00. The Balaban J connectivity index is 1.26. The van der Waals surface area contributed by atoms with E-state index in [4.69, 9.17) is 14.5 Å². The second kappa shape index (κ2) is 8.36. The first-order valence-corrected chi connectivity index (χ1v) is 10.5. The molecule has 1 saturated heterocycles. The SMILES string of the molecule is Cc1cc(C)c2nc(N3CCN(CCNC(=O)C4=COCCO4)CC3)sc2c1. The molecule has 7 nitrogen and oxygen atoms in total. The van der Waals surface area contributed by atoms with E-state index < -0.39 is 0 Å². The molecule has 150 valence electrons. The average molecular weight is 403 g/mol. The van der Waals surface area contributed by atoms with E-state index >= 15 is 0 Å². The summed E-state index contributed by atoms with van der Waals surface area (Å²) in [6, 6.07) is 4.41. The van der Waals surface area contributed by atoms with Crippen molar-refractivity contribution in [3.05, 3.63) is 35.3 Å². The van der Waals surface area contributed by atoms with Crippen LogP contribution < -0.4 is 10.2 Å². The fourth-order valence-corrected chi connectivity index (χ4v) is 4.75. The number of hydrogen-bond donors (Lipinski definition) is 1. The van der Waals surface area contributed by atoms with Gasteiger partial charge in [0.15, 0.2) is 5.13 Å². The standard InChI is InChI=1S/C20H26N4O3S/c1-14-11-15(2)18-17(12-14)28-20(22-18)24-7-5-23(6-8-24)4-3-21-19(25)16-13-26-9-10-27-16/h11-13H,3-10H2,1-2H3,(H,21,25). The van der Waals surface area contributed by atoms with Crippen LogP contribution in [0.25, 0.3) is 10.2 Å². The molecule has 1 N–H and O–H groups in total. The molecular weight excluding hydrogens is 376 g/mol. The zero-order valence-corrected chi connectivity index (χ0v) is 17.2. The van der Waals surface area contributed by atoms with Crippen LogP contribution in [0.15, 0.2) is 24.2 Å². The highest BCUT2D eigenvalue weighted by molar-refractivity contribution is 7.22. The van der Waals surface area contributed by atoms with Crippen molar-refractivity contribution in [2.45, 2.75) is 13.8 Å². The van der Waals surface area contributed by atoms with Gasteiger partial charge in [-0.1, -0.05) is 17.4 Å². The molecule has 1 aromatic carbocycles. The summed E-state index contributed by atoms with van der Waals surface area (Å²) in [7, 11) is 0. The van der Waals surface area contributed by atoms with Crippen LogP contribution in [-0.4, -0.2) is 68.3 Å². The van der Waals surface area contributed by atoms with E-state index in [0.29, 0.717) is 19.8 Å². The van der Waals surface area contributed by atoms with Crippen molar-refractivity contribution < 1.29 is 14.3 Å². The second-order valence-electron chi connectivity index (χ2n) is 7.21. The summed E-state index contributed by atoms with van der Waals surface area (Å²) in [5.74, 6) is 0.0518. The first-order valence-electron chi connectivity index (χ1n) is 9.68. The topological polar surface area (TPSA) is 66.9 Å². The minimum absolute atomic E-state index is 0.210. The van der Waals surface area contributed by atoms with E-state index in [0.717, 1.165) is 43.4 Å². The van der Waals surface area contributed by atoms with Gasteiger partial charge in [-0.3, -0.25) is 9.69 Å². The molecule has 4 rings (SSSR count). The number of rotatable bonds is 5. The van der Waals surface area contributed by atoms with Crippen molar-refractivity contribution in [2.75, 3.05) is 57.4 Å². The zero-order chi connectivity index (χ0) is 19.5. The van der Waals surface area contributed by atoms with Gasteiger partial charge in [0.25, 0.3) is 5.91 Å². The molecule has 2 aromatic rings. The molecule has 8 heteroatoms. The van der Waals surface area contributed by atoms with E-state index in [-0.39, 0.29) is 11.7 Å². The number of thiazole rings is 1. The van der Waals surface area contributed by atoms with Crippen LogP contribution in [0.5, 0.6) is 0 Å². The first kappa shape index (κ1) is 19.0. The highest BCUT2D eigenvalue weighted by Crippen LogP contribution is 2.32. The average Bonchev–Trinajstić information content (AvgIpc) is 3.13. The molecule has 1 fully saturated rings. The highest BCUT2D eigenvalue weighted by Gasteiger charge is 2.21. The fourth-order valence-electron chi connectivity index (χ4n) is 3.56. The summed E-state index contributed by atoms with van der Waals surface area (Å²) in [6.07, 6.45) is 1.39. The highest BCUT2D eigenvalue weighted by atomic mass is 32.1. The van der Waals surface area contributed by atoms with Crippen LogP contribution >= 0.6 is 11.3 Å². The number of fused-ring (bicyclic) bond motifs is 1. The van der Waals surface area contributed by atoms with Crippen molar-refractivity contribution in [3.8, 4) is 0 Å². The summed E-state index contributed by atoms with van der Waals surface area (Å²) in [4.78, 5) is 21.6. The molecule has 1 aromatic heterocycles. The molecule has 1 amide bonds. The van der Waals surface area contributed by atoms with E-state index in [1.807, 2.05) is 0 Å². The van der Waals surface area contributed by atoms with Gasteiger partial charge < -0.3 is 19.7 Å². The van der Waals surface area contributed by atoms with Crippen molar-refractivity contribution in [2.24, 2.45) is 0 Å². The van der Waals surface area contributed by atoms with E-state index in [9.17, 15) is 4.79 Å². The Labute approximate surface area is 168 Å². The lowest BCUT2D eigenvalue weighted by atomic mass is 10.1. The minimum Gasteiger partial charge on any atom is -0.494 e. The molecule has 0 saturated carbocycles. The molecular formula is C20H26N4O3S. The van der Waals surface area contributed by atoms with Crippen molar-refractivity contribution in [1.29, 1.82) is 0 Å². The molecule has 0 atom stereocenters. The van der Waals surface area contributed by atoms with Crippen LogP contribution in [0.4, 0.5) is 5.13 Å². The summed E-state index contributed by atoms with van der Waals surface area (Å²) in [5.41, 5.74) is 3.65. The second-order valence-corrected chi connectivity index (χ2v) is 8.22. The number of amides is 1. The Morgan fingerprint density at radius 3 is 2.79 bits per heavy atom. The lowest BCUT2D eigenvalue weighted by Crippen LogP contribution is -2.48. The number of anilines is 1. The molecule has 0 radical (unpaired) electrons. The lowest BCUT2D eigenvalue weighted by molar-refractivity contribution is -0.122. The zero-order valence-electron chi connectivity index (χ0n) is 16.4. The molecule has 0 bridgehead atoms. The Morgan fingerprint density at radius 2 is 2.04 bits per heavy atom. The number of benzene rings is 1. The van der Waals surface area contributed by atoms with Crippen molar-refractivity contribution in [1.82, 2.24) is 15.2 Å². The predicted molar refractivity (Wildman–Crippen MR) is 111 cm³/mol. The van der Waals surface area contributed by atoms with Gasteiger partial charge in [0.1, 0.15) is 19.5 Å². The van der Waals surface area contributed by atoms with Crippen molar-refractivity contribution in [3.63, 3.8) is 0 Å². The Hall–Kier alpha value is -2.32. The molecule has 2 aliphatic heterocycles. The van der Waals surface area contributed by atoms with Crippen LogP contribution in [0.2, 0.25) is 0 Å². The third-order valence-electron chi connectivity index (χ3n) is 5.05. The fraction of sp³-hybridized carbons (Fsp3) is 0.500. The van der Waals surface area contributed by atoms with Gasteiger partial charge >= 0.3 is 0 Å². The predicted octanol–water partition coefficient (Wildman–Crippen LogP) is 2.04. The maximum atomic E-state index is 12.0. The summed E-state index contributed by atoms with van der Waals surface area (Å²) < 4.78 is 11.7. The number of aryl methyl sites for hydroxylation is 2. The number of nitrogens with zero attached hydrogens (tertiary/aromatic N) is 3. The maximum absolute atomic E-state index is 12.0. The van der Waals surface area contributed by atoms with Crippen molar-refractivity contribution >= 4 is 32.6 Å². The van der Waals surface area contributed by atoms with Gasteiger partial charge in [-0.25, -0.2) is 4.98 Å². The Bertz CT molecular complexity index is 887. The van der Waals surface area contributed by atoms with Crippen LogP contribution in [0.3, 0.4) is 0 Å². The molecule has 0 spiro atoms. The normalized spacial score (nSPS) is 17.8. The summed E-state index contributed by atoms with van der Waals surface area (Å²) >= 11 is 1.78. The Kier molecular flexibility index (Phi) is 5.68. The smallest absolute Gasteiger partial charge is 0.289 e. The number of carbonyl (C=O) groups is 1. The third-order valence-corrected chi connectivity index (χ3v) is 6.11. The Morgan fingerprint density at radius 1 is 1.21 bits per heavy atom. The number of nitrogens with one attached hydrogen (secondary N) is 1. The van der Waals surface area contributed by atoms with Gasteiger partial charge in [0.05, 0.1) is 10.2 Å². The molecule has 3 heterocycles. The van der Waals surface area contributed by atoms with Crippen LogP contribution in [0, 0.1) is 13.8 Å². The first-order chi connectivity index (χ1) is 13.6. The largest absolute Gasteiger partial charge is 0.494 e. The van der Waals surface area contributed by atoms with Crippen LogP contribution in [0.1, 0.15) is 11.1 Å². The quantitative estimate of drug-likeness (QED) is 0.826. The lowest BCUT2D eigenvalue weighted by Gasteiger charge is -2.34. The molecule has 2 aliphatic rings. The van der Waals surface area contributed by atoms with Gasteiger partial charge in [0.2, 0.25) is 5.76 Å². The number of aromatic nitrogens is 1. The van der Waals surface area contributed by atoms with E-state index in [1.54, 1.807) is 11.3 Å². The monoisotopic (exact) mass is 402 g/mol. The van der Waals surface area contributed by atoms with Crippen LogP contribution in [-0.2, 0) is 14.3 Å². The third kappa shape index (κ3) is 4.23. The van der Waals surface area contributed by atoms with Gasteiger partial charge in [-0.05, 0) is 31.0 Å². The number of hydrogen-bond acceptors (Lipinski definition) is 7. The number of ether oxygens (including phenoxy) is 2. The van der Waals surface area contributed by atoms with E-state index in [2.05, 4.69) is 41.1 Å². The maximum Gasteiger partial charge on any atom is 0.289 e. The molecule has 28 heavy (non-hydrogen) atoms.